The maximum Gasteiger partial charge on any atom is 0.341 e. The van der Waals surface area contributed by atoms with E-state index in [1.807, 2.05) is 73.0 Å². The standard InChI is InChI=1S/C46H41N3O7S2/c1-5-56-46(53)40-37(30-21-19-29(2)20-22-30)28-57-45(40)49-44(52)41(31-13-8-6-9-14-31)58-36-18-12-17-34(27-36)47-43(51)38(48-42(50)32-15-10-7-11-16-32)26-33-25-35(54-3)23-24-39(33)55-4/h6-28,41H,5H2,1-4H3,(H,47,51)(H,48,50)(H,49,52)/b38-26+. The molecule has 0 bridgehead atoms. The third-order valence-corrected chi connectivity index (χ3v) is 11.0. The first kappa shape index (κ1) is 41.0. The van der Waals surface area contributed by atoms with Crippen molar-refractivity contribution >= 4 is 63.6 Å². The topological polar surface area (TPSA) is 132 Å². The Hall–Kier alpha value is -6.63. The molecule has 0 aliphatic carbocycles. The second-order valence-corrected chi connectivity index (χ2v) is 14.9. The lowest BCUT2D eigenvalue weighted by Crippen LogP contribution is -2.30. The molecule has 12 heteroatoms. The first-order chi connectivity index (χ1) is 28.2. The van der Waals surface area contributed by atoms with Crippen LogP contribution in [0.2, 0.25) is 0 Å². The number of thioether (sulfide) groups is 1. The smallest absolute Gasteiger partial charge is 0.341 e. The predicted octanol–water partition coefficient (Wildman–Crippen LogP) is 9.80. The first-order valence-electron chi connectivity index (χ1n) is 18.3. The van der Waals surface area contributed by atoms with E-state index in [2.05, 4.69) is 16.0 Å². The summed E-state index contributed by atoms with van der Waals surface area (Å²) in [6.45, 7) is 3.90. The Morgan fingerprint density at radius 1 is 0.793 bits per heavy atom. The summed E-state index contributed by atoms with van der Waals surface area (Å²) in [7, 11) is 3.04. The molecule has 6 aromatic rings. The maximum absolute atomic E-state index is 14.3. The lowest BCUT2D eigenvalue weighted by Gasteiger charge is -2.18. The van der Waals surface area contributed by atoms with E-state index in [0.717, 1.165) is 16.7 Å². The van der Waals surface area contributed by atoms with Crippen LogP contribution >= 0.6 is 23.1 Å². The number of aryl methyl sites for hydroxylation is 1. The number of amides is 3. The fraction of sp³-hybridized carbons (Fsp3) is 0.130. The van der Waals surface area contributed by atoms with E-state index in [0.29, 0.717) is 49.3 Å². The lowest BCUT2D eigenvalue weighted by molar-refractivity contribution is -0.116. The van der Waals surface area contributed by atoms with Crippen molar-refractivity contribution in [3.63, 3.8) is 0 Å². The van der Waals surface area contributed by atoms with E-state index in [1.165, 1.54) is 43.4 Å². The molecule has 0 aliphatic heterocycles. The molecule has 1 heterocycles. The van der Waals surface area contributed by atoms with Gasteiger partial charge in [-0.3, -0.25) is 14.4 Å². The number of benzene rings is 5. The summed E-state index contributed by atoms with van der Waals surface area (Å²) >= 11 is 2.53. The molecule has 0 radical (unpaired) electrons. The quantitative estimate of drug-likeness (QED) is 0.0531. The molecule has 0 saturated heterocycles. The Kier molecular flexibility index (Phi) is 13.8. The molecule has 0 fully saturated rings. The number of carbonyl (C=O) groups is 4. The molecule has 0 aliphatic rings. The zero-order valence-corrected chi connectivity index (χ0v) is 33.9. The molecule has 10 nitrogen and oxygen atoms in total. The summed E-state index contributed by atoms with van der Waals surface area (Å²) in [5, 5.41) is 10.2. The van der Waals surface area contributed by atoms with Gasteiger partial charge in [0.2, 0.25) is 5.91 Å². The molecule has 58 heavy (non-hydrogen) atoms. The van der Waals surface area contributed by atoms with E-state index in [-0.39, 0.29) is 18.2 Å². The average molecular weight is 812 g/mol. The van der Waals surface area contributed by atoms with Crippen molar-refractivity contribution in [2.75, 3.05) is 31.5 Å². The minimum Gasteiger partial charge on any atom is -0.497 e. The van der Waals surface area contributed by atoms with Crippen molar-refractivity contribution in [1.82, 2.24) is 5.32 Å². The SMILES string of the molecule is CCOC(=O)c1c(-c2ccc(C)cc2)csc1NC(=O)C(Sc1cccc(NC(=O)/C(=C\c2cc(OC)ccc2OC)NC(=O)c2ccccc2)c1)c1ccccc1. The van der Waals surface area contributed by atoms with Gasteiger partial charge in [-0.15, -0.1) is 23.1 Å². The normalized spacial score (nSPS) is 11.6. The Bertz CT molecular complexity index is 2430. The summed E-state index contributed by atoms with van der Waals surface area (Å²) < 4.78 is 16.4. The molecule has 294 valence electrons. The summed E-state index contributed by atoms with van der Waals surface area (Å²) in [5.74, 6) is -0.956. The summed E-state index contributed by atoms with van der Waals surface area (Å²) in [5.41, 5.74) is 4.85. The number of ether oxygens (including phenoxy) is 3. The van der Waals surface area contributed by atoms with Crippen LogP contribution < -0.4 is 25.4 Å². The molecular formula is C46H41N3O7S2. The van der Waals surface area contributed by atoms with Gasteiger partial charge in [0.25, 0.3) is 11.8 Å². The van der Waals surface area contributed by atoms with Crippen LogP contribution in [0, 0.1) is 6.92 Å². The van der Waals surface area contributed by atoms with Crippen molar-refractivity contribution in [3.8, 4) is 22.6 Å². The number of methoxy groups -OCH3 is 2. The lowest BCUT2D eigenvalue weighted by atomic mass is 10.0. The number of anilines is 2. The third kappa shape index (κ3) is 10.2. The van der Waals surface area contributed by atoms with Crippen LogP contribution in [-0.2, 0) is 14.3 Å². The van der Waals surface area contributed by atoms with Crippen LogP contribution in [0.5, 0.6) is 11.5 Å². The number of hydrogen-bond donors (Lipinski definition) is 3. The predicted molar refractivity (Wildman–Crippen MR) is 231 cm³/mol. The molecule has 3 amide bonds. The van der Waals surface area contributed by atoms with Crippen LogP contribution in [0.1, 0.15) is 49.6 Å². The average Bonchev–Trinajstić information content (AvgIpc) is 3.66. The van der Waals surface area contributed by atoms with Gasteiger partial charge >= 0.3 is 5.97 Å². The minimum absolute atomic E-state index is 0.0432. The van der Waals surface area contributed by atoms with Crippen molar-refractivity contribution in [3.05, 3.63) is 166 Å². The van der Waals surface area contributed by atoms with Crippen molar-refractivity contribution in [1.29, 1.82) is 0 Å². The first-order valence-corrected chi connectivity index (χ1v) is 20.0. The highest BCUT2D eigenvalue weighted by Crippen LogP contribution is 2.41. The Morgan fingerprint density at radius 3 is 2.21 bits per heavy atom. The van der Waals surface area contributed by atoms with E-state index >= 15 is 0 Å². The molecule has 0 saturated carbocycles. The van der Waals surface area contributed by atoms with E-state index in [4.69, 9.17) is 14.2 Å². The fourth-order valence-corrected chi connectivity index (χ4v) is 7.96. The highest BCUT2D eigenvalue weighted by molar-refractivity contribution is 8.00. The fourth-order valence-electron chi connectivity index (χ4n) is 5.91. The number of carbonyl (C=O) groups excluding carboxylic acids is 4. The summed E-state index contributed by atoms with van der Waals surface area (Å²) in [6.07, 6.45) is 1.52. The van der Waals surface area contributed by atoms with Crippen LogP contribution in [-0.4, -0.2) is 44.5 Å². The third-order valence-electron chi connectivity index (χ3n) is 8.82. The molecule has 0 spiro atoms. The Balaban J connectivity index is 1.28. The highest BCUT2D eigenvalue weighted by Gasteiger charge is 2.28. The molecular weight excluding hydrogens is 771 g/mol. The van der Waals surface area contributed by atoms with Gasteiger partial charge in [-0.1, -0.05) is 84.4 Å². The molecule has 3 N–H and O–H groups in total. The van der Waals surface area contributed by atoms with Gasteiger partial charge in [0.15, 0.2) is 0 Å². The maximum atomic E-state index is 14.3. The molecule has 1 atom stereocenters. The number of esters is 1. The zero-order valence-electron chi connectivity index (χ0n) is 32.2. The van der Waals surface area contributed by atoms with Gasteiger partial charge in [-0.25, -0.2) is 4.79 Å². The van der Waals surface area contributed by atoms with Crippen molar-refractivity contribution in [2.45, 2.75) is 24.0 Å². The second-order valence-electron chi connectivity index (χ2n) is 12.8. The van der Waals surface area contributed by atoms with E-state index in [1.54, 1.807) is 73.7 Å². The monoisotopic (exact) mass is 811 g/mol. The number of rotatable bonds is 15. The second kappa shape index (κ2) is 19.5. The van der Waals surface area contributed by atoms with Crippen molar-refractivity contribution in [2.24, 2.45) is 0 Å². The highest BCUT2D eigenvalue weighted by atomic mass is 32.2. The van der Waals surface area contributed by atoms with Gasteiger partial charge in [-0.05, 0) is 79.6 Å². The Labute approximate surface area is 345 Å². The molecule has 1 unspecified atom stereocenters. The van der Waals surface area contributed by atoms with Crippen molar-refractivity contribution < 1.29 is 33.4 Å². The summed E-state index contributed by atoms with van der Waals surface area (Å²) in [4.78, 5) is 55.6. The number of nitrogens with one attached hydrogen (secondary N) is 3. The van der Waals surface area contributed by atoms with Crippen LogP contribution in [0.25, 0.3) is 17.2 Å². The van der Waals surface area contributed by atoms with Gasteiger partial charge in [0, 0.05) is 32.7 Å². The molecule has 1 aromatic heterocycles. The van der Waals surface area contributed by atoms with E-state index in [9.17, 15) is 19.2 Å². The molecule has 5 aromatic carbocycles. The summed E-state index contributed by atoms with van der Waals surface area (Å²) in [6, 6.07) is 37.9. The van der Waals surface area contributed by atoms with Gasteiger partial charge < -0.3 is 30.2 Å². The van der Waals surface area contributed by atoms with Gasteiger partial charge in [-0.2, -0.15) is 0 Å². The Morgan fingerprint density at radius 2 is 1.52 bits per heavy atom. The van der Waals surface area contributed by atoms with Crippen LogP contribution in [0.15, 0.2) is 143 Å². The van der Waals surface area contributed by atoms with Gasteiger partial charge in [0.05, 0.1) is 20.8 Å². The minimum atomic E-state index is -0.756. The largest absolute Gasteiger partial charge is 0.497 e. The zero-order chi connectivity index (χ0) is 41.0. The van der Waals surface area contributed by atoms with Crippen LogP contribution in [0.4, 0.5) is 10.7 Å². The van der Waals surface area contributed by atoms with E-state index < -0.39 is 23.0 Å². The van der Waals surface area contributed by atoms with Gasteiger partial charge in [0.1, 0.15) is 33.0 Å². The van der Waals surface area contributed by atoms with Crippen LogP contribution in [0.3, 0.4) is 0 Å². The number of hydrogen-bond acceptors (Lipinski definition) is 9. The number of thiophene rings is 1. The molecule has 6 rings (SSSR count).